The van der Waals surface area contributed by atoms with Gasteiger partial charge < -0.3 is 10.5 Å². The molecular formula is C21H23NO. The van der Waals surface area contributed by atoms with Crippen molar-refractivity contribution in [2.24, 2.45) is 11.7 Å². The van der Waals surface area contributed by atoms with Crippen LogP contribution in [0.2, 0.25) is 0 Å². The van der Waals surface area contributed by atoms with Crippen LogP contribution >= 0.6 is 0 Å². The summed E-state index contributed by atoms with van der Waals surface area (Å²) in [7, 11) is 0. The van der Waals surface area contributed by atoms with E-state index in [1.54, 1.807) is 0 Å². The Hall–Kier alpha value is -2.32. The Bertz CT molecular complexity index is 772. The molecule has 0 aliphatic heterocycles. The van der Waals surface area contributed by atoms with Crippen molar-refractivity contribution in [2.45, 2.75) is 26.5 Å². The quantitative estimate of drug-likeness (QED) is 0.714. The second-order valence-electron chi connectivity index (χ2n) is 6.27. The lowest BCUT2D eigenvalue weighted by Crippen LogP contribution is -2.16. The van der Waals surface area contributed by atoms with Gasteiger partial charge in [0.1, 0.15) is 12.4 Å². The van der Waals surface area contributed by atoms with Crippen LogP contribution in [0.15, 0.2) is 66.7 Å². The average Bonchev–Trinajstić information content (AvgIpc) is 2.59. The maximum atomic E-state index is 6.17. The van der Waals surface area contributed by atoms with E-state index in [0.717, 1.165) is 11.3 Å². The normalized spacial score (nSPS) is 12.5. The summed E-state index contributed by atoms with van der Waals surface area (Å²) in [5.74, 6) is 1.30. The first-order valence-electron chi connectivity index (χ1n) is 8.10. The summed E-state index contributed by atoms with van der Waals surface area (Å²) in [6.45, 7) is 4.84. The van der Waals surface area contributed by atoms with E-state index in [-0.39, 0.29) is 6.04 Å². The summed E-state index contributed by atoms with van der Waals surface area (Å²) in [6, 6.07) is 22.9. The fourth-order valence-corrected chi connectivity index (χ4v) is 2.75. The highest BCUT2D eigenvalue weighted by Crippen LogP contribution is 2.23. The van der Waals surface area contributed by atoms with Crippen LogP contribution in [-0.2, 0) is 6.61 Å². The fourth-order valence-electron chi connectivity index (χ4n) is 2.75. The van der Waals surface area contributed by atoms with Crippen LogP contribution in [0.3, 0.4) is 0 Å². The Balaban J connectivity index is 1.73. The highest BCUT2D eigenvalue weighted by molar-refractivity contribution is 5.85. The molecule has 0 saturated carbocycles. The van der Waals surface area contributed by atoms with E-state index in [0.29, 0.717) is 12.5 Å². The van der Waals surface area contributed by atoms with Gasteiger partial charge in [0.25, 0.3) is 0 Å². The third-order valence-corrected chi connectivity index (χ3v) is 4.26. The molecule has 0 saturated heterocycles. The van der Waals surface area contributed by atoms with Crippen molar-refractivity contribution >= 4 is 10.8 Å². The zero-order valence-corrected chi connectivity index (χ0v) is 13.7. The molecule has 3 aromatic rings. The lowest BCUT2D eigenvalue weighted by atomic mass is 9.97. The summed E-state index contributed by atoms with van der Waals surface area (Å²) in [5.41, 5.74) is 8.52. The van der Waals surface area contributed by atoms with Gasteiger partial charge in [0.15, 0.2) is 0 Å². The van der Waals surface area contributed by atoms with Crippen molar-refractivity contribution in [2.75, 3.05) is 0 Å². The molecule has 0 spiro atoms. The molecule has 0 heterocycles. The van der Waals surface area contributed by atoms with E-state index in [1.165, 1.54) is 16.3 Å². The van der Waals surface area contributed by atoms with Crippen LogP contribution in [0.5, 0.6) is 5.75 Å². The van der Waals surface area contributed by atoms with Gasteiger partial charge in [0.05, 0.1) is 0 Å². The summed E-state index contributed by atoms with van der Waals surface area (Å²) < 4.78 is 5.95. The van der Waals surface area contributed by atoms with Crippen LogP contribution in [0.1, 0.15) is 31.0 Å². The van der Waals surface area contributed by atoms with Crippen molar-refractivity contribution in [3.8, 4) is 5.75 Å². The maximum Gasteiger partial charge on any atom is 0.119 e. The van der Waals surface area contributed by atoms with Gasteiger partial charge in [-0.3, -0.25) is 0 Å². The Labute approximate surface area is 137 Å². The number of ether oxygens (including phenoxy) is 1. The Morgan fingerprint density at radius 1 is 0.870 bits per heavy atom. The highest BCUT2D eigenvalue weighted by Gasteiger charge is 2.10. The predicted molar refractivity (Wildman–Crippen MR) is 96.5 cm³/mol. The molecule has 0 fully saturated rings. The van der Waals surface area contributed by atoms with Crippen molar-refractivity contribution in [3.63, 3.8) is 0 Å². The lowest BCUT2D eigenvalue weighted by molar-refractivity contribution is 0.307. The van der Waals surface area contributed by atoms with Gasteiger partial charge in [-0.15, -0.1) is 0 Å². The standard InChI is InChI=1S/C21H23NO/c1-15(2)21(22)17-10-12-19(13-11-17)23-14-18-8-5-7-16-6-3-4-9-20(16)18/h3-13,15,21H,14,22H2,1-2H3. The molecule has 3 aromatic carbocycles. The second-order valence-corrected chi connectivity index (χ2v) is 6.27. The molecule has 0 aliphatic carbocycles. The topological polar surface area (TPSA) is 35.2 Å². The zero-order valence-electron chi connectivity index (χ0n) is 13.7. The SMILES string of the molecule is CC(C)C(N)c1ccc(OCc2cccc3ccccc23)cc1. The van der Waals surface area contributed by atoms with Gasteiger partial charge in [-0.25, -0.2) is 0 Å². The van der Waals surface area contributed by atoms with Gasteiger partial charge in [-0.2, -0.15) is 0 Å². The van der Waals surface area contributed by atoms with Gasteiger partial charge in [-0.05, 0) is 39.9 Å². The average molecular weight is 305 g/mol. The number of nitrogens with two attached hydrogens (primary N) is 1. The molecule has 3 rings (SSSR count). The van der Waals surface area contributed by atoms with E-state index in [2.05, 4.69) is 68.4 Å². The van der Waals surface area contributed by atoms with Gasteiger partial charge >= 0.3 is 0 Å². The summed E-state index contributed by atoms with van der Waals surface area (Å²) in [5, 5.41) is 2.49. The van der Waals surface area contributed by atoms with Gasteiger partial charge in [-0.1, -0.05) is 68.4 Å². The van der Waals surface area contributed by atoms with Crippen molar-refractivity contribution in [1.82, 2.24) is 0 Å². The third kappa shape index (κ3) is 3.54. The summed E-state index contributed by atoms with van der Waals surface area (Å²) >= 11 is 0. The minimum absolute atomic E-state index is 0.0714. The van der Waals surface area contributed by atoms with Gasteiger partial charge in [0, 0.05) is 6.04 Å². The summed E-state index contributed by atoms with van der Waals surface area (Å²) in [4.78, 5) is 0. The van der Waals surface area contributed by atoms with E-state index in [1.807, 2.05) is 12.1 Å². The molecule has 0 aliphatic rings. The lowest BCUT2D eigenvalue weighted by Gasteiger charge is -2.16. The predicted octanol–water partition coefficient (Wildman–Crippen LogP) is 5.07. The van der Waals surface area contributed by atoms with Crippen LogP contribution in [-0.4, -0.2) is 0 Å². The first kappa shape index (κ1) is 15.6. The minimum Gasteiger partial charge on any atom is -0.489 e. The summed E-state index contributed by atoms with van der Waals surface area (Å²) in [6.07, 6.45) is 0. The van der Waals surface area contributed by atoms with Crippen LogP contribution in [0.25, 0.3) is 10.8 Å². The smallest absolute Gasteiger partial charge is 0.119 e. The Morgan fingerprint density at radius 3 is 2.30 bits per heavy atom. The van der Waals surface area contributed by atoms with Gasteiger partial charge in [0.2, 0.25) is 0 Å². The van der Waals surface area contributed by atoms with Crippen LogP contribution in [0, 0.1) is 5.92 Å². The number of benzene rings is 3. The third-order valence-electron chi connectivity index (χ3n) is 4.26. The molecular weight excluding hydrogens is 282 g/mol. The van der Waals surface area contributed by atoms with E-state index >= 15 is 0 Å². The highest BCUT2D eigenvalue weighted by atomic mass is 16.5. The molecule has 118 valence electrons. The molecule has 2 heteroatoms. The molecule has 1 atom stereocenters. The van der Waals surface area contributed by atoms with E-state index in [4.69, 9.17) is 10.5 Å². The monoisotopic (exact) mass is 305 g/mol. The maximum absolute atomic E-state index is 6.17. The molecule has 1 unspecified atom stereocenters. The van der Waals surface area contributed by atoms with Crippen molar-refractivity contribution in [3.05, 3.63) is 77.9 Å². The molecule has 0 amide bonds. The molecule has 2 nitrogen and oxygen atoms in total. The van der Waals surface area contributed by atoms with E-state index < -0.39 is 0 Å². The fraction of sp³-hybridized carbons (Fsp3) is 0.238. The Kier molecular flexibility index (Phi) is 4.63. The molecule has 0 radical (unpaired) electrons. The first-order chi connectivity index (χ1) is 11.1. The van der Waals surface area contributed by atoms with Crippen LogP contribution < -0.4 is 10.5 Å². The molecule has 2 N–H and O–H groups in total. The number of hydrogen-bond acceptors (Lipinski definition) is 2. The second kappa shape index (κ2) is 6.84. The number of hydrogen-bond donors (Lipinski definition) is 1. The number of fused-ring (bicyclic) bond motifs is 1. The largest absolute Gasteiger partial charge is 0.489 e. The Morgan fingerprint density at radius 2 is 1.57 bits per heavy atom. The van der Waals surface area contributed by atoms with Crippen LogP contribution in [0.4, 0.5) is 0 Å². The first-order valence-corrected chi connectivity index (χ1v) is 8.10. The van der Waals surface area contributed by atoms with Crippen molar-refractivity contribution in [1.29, 1.82) is 0 Å². The zero-order chi connectivity index (χ0) is 16.2. The molecule has 0 aromatic heterocycles. The van der Waals surface area contributed by atoms with Crippen molar-refractivity contribution < 1.29 is 4.74 Å². The molecule has 0 bridgehead atoms. The minimum atomic E-state index is 0.0714. The van der Waals surface area contributed by atoms with E-state index in [9.17, 15) is 0 Å². The molecule has 23 heavy (non-hydrogen) atoms. The number of rotatable bonds is 5.